The van der Waals surface area contributed by atoms with Crippen molar-refractivity contribution in [2.75, 3.05) is 4.72 Å². The molecule has 8 heteroatoms. The summed E-state index contributed by atoms with van der Waals surface area (Å²) in [5.74, 6) is 0. The summed E-state index contributed by atoms with van der Waals surface area (Å²) in [4.78, 5) is 0.154. The zero-order valence-electron chi connectivity index (χ0n) is 15.1. The number of anilines is 1. The molecule has 0 saturated heterocycles. The lowest BCUT2D eigenvalue weighted by molar-refractivity contribution is 0.601. The predicted molar refractivity (Wildman–Crippen MR) is 117 cm³/mol. The van der Waals surface area contributed by atoms with Crippen LogP contribution in [-0.2, 0) is 10.0 Å². The molecule has 3 aromatic carbocycles. The normalized spacial score (nSPS) is 16.2. The molecule has 29 heavy (non-hydrogen) atoms. The van der Waals surface area contributed by atoms with E-state index in [0.717, 1.165) is 23.3 Å². The molecule has 148 valence electrons. The van der Waals surface area contributed by atoms with Gasteiger partial charge in [-0.05, 0) is 59.7 Å². The van der Waals surface area contributed by atoms with E-state index in [1.165, 1.54) is 12.1 Å². The Hall–Kier alpha value is -2.54. The highest BCUT2D eigenvalue weighted by Crippen LogP contribution is 2.26. The van der Waals surface area contributed by atoms with E-state index in [-0.39, 0.29) is 10.9 Å². The third-order valence-corrected chi connectivity index (χ3v) is 6.52. The third-order valence-electron chi connectivity index (χ3n) is 4.62. The predicted octanol–water partition coefficient (Wildman–Crippen LogP) is 5.23. The first-order valence-electron chi connectivity index (χ1n) is 8.87. The van der Waals surface area contributed by atoms with Gasteiger partial charge in [-0.25, -0.2) is 8.42 Å². The molecular formula is C21H17Cl2N3O2S. The molecule has 0 saturated carbocycles. The molecule has 3 aromatic rings. The summed E-state index contributed by atoms with van der Waals surface area (Å²) in [5.41, 5.74) is 6.58. The number of rotatable bonds is 5. The molecule has 1 unspecified atom stereocenters. The van der Waals surface area contributed by atoms with Gasteiger partial charge in [0.25, 0.3) is 10.0 Å². The van der Waals surface area contributed by atoms with Crippen LogP contribution in [0.2, 0.25) is 10.0 Å². The van der Waals surface area contributed by atoms with Crippen molar-refractivity contribution in [3.63, 3.8) is 0 Å². The molecule has 1 heterocycles. The topological polar surface area (TPSA) is 70.6 Å². The number of sulfonamides is 1. The summed E-state index contributed by atoms with van der Waals surface area (Å²) < 4.78 is 27.5. The Morgan fingerprint density at radius 1 is 0.862 bits per heavy atom. The summed E-state index contributed by atoms with van der Waals surface area (Å²) in [6.45, 7) is 0. The molecule has 0 radical (unpaired) electrons. The zero-order valence-corrected chi connectivity index (χ0v) is 17.5. The van der Waals surface area contributed by atoms with Crippen LogP contribution in [0.4, 0.5) is 5.69 Å². The Balaban J connectivity index is 1.44. The number of benzene rings is 3. The van der Waals surface area contributed by atoms with Crippen LogP contribution in [0, 0.1) is 0 Å². The van der Waals surface area contributed by atoms with Crippen molar-refractivity contribution in [1.82, 2.24) is 5.43 Å². The highest BCUT2D eigenvalue weighted by atomic mass is 35.5. The van der Waals surface area contributed by atoms with Crippen molar-refractivity contribution in [3.05, 3.63) is 94.0 Å². The monoisotopic (exact) mass is 445 g/mol. The van der Waals surface area contributed by atoms with Gasteiger partial charge < -0.3 is 5.43 Å². The second kappa shape index (κ2) is 8.06. The molecule has 1 aliphatic rings. The Bertz CT molecular complexity index is 1140. The van der Waals surface area contributed by atoms with Crippen LogP contribution in [0.5, 0.6) is 0 Å². The van der Waals surface area contributed by atoms with Crippen LogP contribution in [0.3, 0.4) is 0 Å². The van der Waals surface area contributed by atoms with E-state index >= 15 is 0 Å². The number of nitrogens with zero attached hydrogens (tertiary/aromatic N) is 1. The van der Waals surface area contributed by atoms with E-state index in [1.54, 1.807) is 24.3 Å². The highest BCUT2D eigenvalue weighted by Gasteiger charge is 2.21. The Labute approximate surface area is 179 Å². The molecule has 0 fully saturated rings. The lowest BCUT2D eigenvalue weighted by Crippen LogP contribution is -2.13. The van der Waals surface area contributed by atoms with Gasteiger partial charge in [0.15, 0.2) is 0 Å². The summed E-state index contributed by atoms with van der Waals surface area (Å²) in [6.07, 6.45) is 0.734. The minimum absolute atomic E-state index is 0.0883. The maximum Gasteiger partial charge on any atom is 0.261 e. The average Bonchev–Trinajstić information content (AvgIpc) is 3.19. The quantitative estimate of drug-likeness (QED) is 0.564. The van der Waals surface area contributed by atoms with E-state index in [2.05, 4.69) is 15.2 Å². The van der Waals surface area contributed by atoms with Crippen LogP contribution >= 0.6 is 23.2 Å². The van der Waals surface area contributed by atoms with E-state index in [1.807, 2.05) is 36.4 Å². The van der Waals surface area contributed by atoms with Crippen molar-refractivity contribution >= 4 is 44.6 Å². The van der Waals surface area contributed by atoms with Crippen LogP contribution in [-0.4, -0.2) is 14.1 Å². The fourth-order valence-electron chi connectivity index (χ4n) is 3.07. The molecule has 1 aliphatic heterocycles. The van der Waals surface area contributed by atoms with Gasteiger partial charge in [0.05, 0.1) is 16.6 Å². The first kappa shape index (κ1) is 19.8. The molecule has 4 rings (SSSR count). The van der Waals surface area contributed by atoms with E-state index in [9.17, 15) is 8.42 Å². The molecule has 0 amide bonds. The fourth-order valence-corrected chi connectivity index (χ4v) is 4.38. The van der Waals surface area contributed by atoms with E-state index in [0.29, 0.717) is 15.7 Å². The minimum atomic E-state index is -3.67. The Morgan fingerprint density at radius 3 is 2.07 bits per heavy atom. The number of hydrogen-bond donors (Lipinski definition) is 2. The van der Waals surface area contributed by atoms with Crippen molar-refractivity contribution in [3.8, 4) is 0 Å². The maximum absolute atomic E-state index is 12.5. The SMILES string of the molecule is O=S(=O)(Nc1ccc(C2=NNC(c3ccc(Cl)cc3)C2)cc1)c1ccc(Cl)cc1. The Morgan fingerprint density at radius 2 is 1.45 bits per heavy atom. The summed E-state index contributed by atoms with van der Waals surface area (Å²) >= 11 is 11.8. The average molecular weight is 446 g/mol. The zero-order chi connectivity index (χ0) is 20.4. The largest absolute Gasteiger partial charge is 0.302 e. The molecule has 5 nitrogen and oxygen atoms in total. The van der Waals surface area contributed by atoms with Crippen LogP contribution in [0.1, 0.15) is 23.6 Å². The maximum atomic E-state index is 12.5. The summed E-state index contributed by atoms with van der Waals surface area (Å²) in [7, 11) is -3.67. The van der Waals surface area contributed by atoms with Gasteiger partial charge in [-0.1, -0.05) is 47.5 Å². The van der Waals surface area contributed by atoms with Gasteiger partial charge in [0, 0.05) is 22.2 Å². The minimum Gasteiger partial charge on any atom is -0.302 e. The number of hydrogen-bond acceptors (Lipinski definition) is 4. The van der Waals surface area contributed by atoms with Crippen molar-refractivity contribution < 1.29 is 8.42 Å². The molecule has 1 atom stereocenters. The molecule has 0 bridgehead atoms. The number of nitrogens with one attached hydrogen (secondary N) is 2. The van der Waals surface area contributed by atoms with Crippen molar-refractivity contribution in [2.24, 2.45) is 5.10 Å². The first-order chi connectivity index (χ1) is 13.9. The standard InChI is InChI=1S/C21H17Cl2N3O2S/c22-16-5-1-14(2-6-16)20-13-21(25-24-20)15-3-9-18(10-4-15)26-29(27,28)19-11-7-17(23)8-12-19/h1-12,20,24,26H,13H2. The second-order valence-corrected chi connectivity index (χ2v) is 9.19. The van der Waals surface area contributed by atoms with E-state index in [4.69, 9.17) is 23.2 Å². The van der Waals surface area contributed by atoms with Gasteiger partial charge >= 0.3 is 0 Å². The van der Waals surface area contributed by atoms with Gasteiger partial charge in [-0.2, -0.15) is 5.10 Å². The first-order valence-corrected chi connectivity index (χ1v) is 11.1. The van der Waals surface area contributed by atoms with Crippen LogP contribution < -0.4 is 10.1 Å². The van der Waals surface area contributed by atoms with Gasteiger partial charge in [0.2, 0.25) is 0 Å². The molecular weight excluding hydrogens is 429 g/mol. The number of hydrazone groups is 1. The molecule has 2 N–H and O–H groups in total. The van der Waals surface area contributed by atoms with Crippen LogP contribution in [0.25, 0.3) is 0 Å². The summed E-state index contributed by atoms with van der Waals surface area (Å²) in [6, 6.07) is 20.9. The number of halogens is 2. The van der Waals surface area contributed by atoms with Crippen molar-refractivity contribution in [1.29, 1.82) is 0 Å². The fraction of sp³-hybridized carbons (Fsp3) is 0.0952. The van der Waals surface area contributed by atoms with Crippen molar-refractivity contribution in [2.45, 2.75) is 17.4 Å². The lowest BCUT2D eigenvalue weighted by atomic mass is 9.99. The summed E-state index contributed by atoms with van der Waals surface area (Å²) in [5, 5.41) is 5.61. The van der Waals surface area contributed by atoms with Gasteiger partial charge in [0.1, 0.15) is 0 Å². The smallest absolute Gasteiger partial charge is 0.261 e. The van der Waals surface area contributed by atoms with Crippen LogP contribution in [0.15, 0.2) is 82.8 Å². The molecule has 0 aromatic heterocycles. The highest BCUT2D eigenvalue weighted by molar-refractivity contribution is 7.92. The second-order valence-electron chi connectivity index (χ2n) is 6.63. The Kier molecular flexibility index (Phi) is 5.50. The van der Waals surface area contributed by atoms with E-state index < -0.39 is 10.0 Å². The third kappa shape index (κ3) is 4.56. The van der Waals surface area contributed by atoms with Gasteiger partial charge in [-0.15, -0.1) is 0 Å². The molecule has 0 aliphatic carbocycles. The lowest BCUT2D eigenvalue weighted by Gasteiger charge is -2.10. The molecule has 0 spiro atoms. The van der Waals surface area contributed by atoms with Gasteiger partial charge in [-0.3, -0.25) is 4.72 Å².